The van der Waals surface area contributed by atoms with Crippen LogP contribution in [0.15, 0.2) is 36.8 Å². The summed E-state index contributed by atoms with van der Waals surface area (Å²) in [5, 5.41) is 3.97. The molecule has 0 fully saturated rings. The quantitative estimate of drug-likeness (QED) is 0.526. The lowest BCUT2D eigenvalue weighted by molar-refractivity contribution is -0.123. The van der Waals surface area contributed by atoms with Crippen molar-refractivity contribution < 1.29 is 9.53 Å². The average Bonchev–Trinajstić information content (AvgIpc) is 3.29. The Morgan fingerprint density at radius 2 is 2.14 bits per heavy atom. The third-order valence-electron chi connectivity index (χ3n) is 4.92. The maximum Gasteiger partial charge on any atom is 0.222 e. The van der Waals surface area contributed by atoms with Crippen molar-refractivity contribution in [3.8, 4) is 10.6 Å². The molecule has 0 bridgehead atoms. The van der Waals surface area contributed by atoms with Crippen LogP contribution in [0.4, 0.5) is 0 Å². The maximum absolute atomic E-state index is 12.2. The second-order valence-electron chi connectivity index (χ2n) is 7.52. The third-order valence-corrected chi connectivity index (χ3v) is 5.93. The molecule has 0 saturated carbocycles. The second-order valence-corrected chi connectivity index (χ2v) is 8.49. The van der Waals surface area contributed by atoms with Crippen molar-refractivity contribution in [3.05, 3.63) is 42.4 Å². The molecule has 150 valence electrons. The molecule has 4 aromatic rings. The maximum atomic E-state index is 12.2. The van der Waals surface area contributed by atoms with Crippen LogP contribution in [0.5, 0.6) is 0 Å². The monoisotopic (exact) mass is 409 g/mol. The number of thiazole rings is 1. The summed E-state index contributed by atoms with van der Waals surface area (Å²) in [6.45, 7) is 4.40. The van der Waals surface area contributed by atoms with E-state index in [9.17, 15) is 4.79 Å². The lowest BCUT2D eigenvalue weighted by atomic mass is 9.92. The molecule has 7 nitrogen and oxygen atoms in total. The van der Waals surface area contributed by atoms with Crippen LogP contribution in [0.25, 0.3) is 32.0 Å². The van der Waals surface area contributed by atoms with E-state index in [4.69, 9.17) is 9.72 Å². The highest BCUT2D eigenvalue weighted by atomic mass is 32.1. The molecule has 0 atom stereocenters. The van der Waals surface area contributed by atoms with Gasteiger partial charge in [-0.15, -0.1) is 0 Å². The molecule has 0 aliphatic carbocycles. The zero-order chi connectivity index (χ0) is 20.6. The Kier molecular flexibility index (Phi) is 5.06. The Bertz CT molecular complexity index is 1190. The first-order valence-corrected chi connectivity index (χ1v) is 10.2. The van der Waals surface area contributed by atoms with E-state index in [0.29, 0.717) is 13.0 Å². The van der Waals surface area contributed by atoms with Crippen LogP contribution >= 0.6 is 11.3 Å². The van der Waals surface area contributed by atoms with Crippen molar-refractivity contribution in [2.24, 2.45) is 7.05 Å². The van der Waals surface area contributed by atoms with Crippen molar-refractivity contribution in [1.82, 2.24) is 24.8 Å². The number of aromatic nitrogens is 4. The summed E-state index contributed by atoms with van der Waals surface area (Å²) in [5.74, 6) is -0.0370. The fourth-order valence-electron chi connectivity index (χ4n) is 3.35. The van der Waals surface area contributed by atoms with E-state index in [0.717, 1.165) is 37.5 Å². The number of nitrogens with one attached hydrogen (secondary N) is 1. The van der Waals surface area contributed by atoms with Crippen molar-refractivity contribution in [2.45, 2.75) is 25.8 Å². The number of carbonyl (C=O) groups excluding carboxylic acids is 1. The van der Waals surface area contributed by atoms with Crippen LogP contribution in [-0.4, -0.2) is 39.1 Å². The molecule has 0 spiro atoms. The smallest absolute Gasteiger partial charge is 0.222 e. The number of aryl methyl sites for hydroxylation is 1. The number of amides is 1. The van der Waals surface area contributed by atoms with Crippen LogP contribution in [0.3, 0.4) is 0 Å². The number of carbonyl (C=O) groups is 1. The minimum absolute atomic E-state index is 0.0370. The molecule has 0 radical (unpaired) electrons. The lowest BCUT2D eigenvalue weighted by Gasteiger charge is -2.27. The lowest BCUT2D eigenvalue weighted by Crippen LogP contribution is -2.41. The number of nitrogens with zero attached hydrogens (tertiary/aromatic N) is 4. The molecule has 0 aliphatic rings. The molecular formula is C21H23N5O2S. The van der Waals surface area contributed by atoms with Gasteiger partial charge in [0.1, 0.15) is 20.9 Å². The Hall–Kier alpha value is -2.84. The molecule has 1 N–H and O–H groups in total. The number of fused-ring (bicyclic) bond motifs is 3. The highest BCUT2D eigenvalue weighted by molar-refractivity contribution is 7.21. The molecular weight excluding hydrogens is 386 g/mol. The van der Waals surface area contributed by atoms with Gasteiger partial charge in [-0.3, -0.25) is 4.79 Å². The first-order valence-electron chi connectivity index (χ1n) is 9.36. The number of imidazole rings is 1. The number of hydrogen-bond donors (Lipinski definition) is 1. The number of methoxy groups -OCH3 is 1. The topological polar surface area (TPSA) is 81.9 Å². The predicted molar refractivity (Wildman–Crippen MR) is 115 cm³/mol. The number of benzene rings is 1. The van der Waals surface area contributed by atoms with Crippen molar-refractivity contribution in [1.29, 1.82) is 0 Å². The van der Waals surface area contributed by atoms with Gasteiger partial charge in [0.25, 0.3) is 0 Å². The summed E-state index contributed by atoms with van der Waals surface area (Å²) >= 11 is 1.55. The first kappa shape index (κ1) is 19.5. The van der Waals surface area contributed by atoms with E-state index in [-0.39, 0.29) is 5.91 Å². The predicted octanol–water partition coefficient (Wildman–Crippen LogP) is 3.63. The van der Waals surface area contributed by atoms with Gasteiger partial charge in [0.2, 0.25) is 5.91 Å². The first-order chi connectivity index (χ1) is 13.9. The number of ether oxygens (including phenoxy) is 1. The zero-order valence-corrected chi connectivity index (χ0v) is 17.7. The van der Waals surface area contributed by atoms with Gasteiger partial charge in [0.05, 0.1) is 30.2 Å². The minimum Gasteiger partial charge on any atom is -0.384 e. The second kappa shape index (κ2) is 7.53. The largest absolute Gasteiger partial charge is 0.384 e. The van der Waals surface area contributed by atoms with E-state index >= 15 is 0 Å². The molecule has 0 aliphatic heterocycles. The summed E-state index contributed by atoms with van der Waals surface area (Å²) < 4.78 is 6.96. The fourth-order valence-corrected chi connectivity index (χ4v) is 4.26. The molecule has 29 heavy (non-hydrogen) atoms. The van der Waals surface area contributed by atoms with E-state index < -0.39 is 5.54 Å². The van der Waals surface area contributed by atoms with Gasteiger partial charge in [-0.1, -0.05) is 29.5 Å². The molecule has 0 saturated heterocycles. The Morgan fingerprint density at radius 3 is 2.93 bits per heavy atom. The number of rotatable bonds is 6. The third kappa shape index (κ3) is 3.73. The van der Waals surface area contributed by atoms with Crippen molar-refractivity contribution >= 4 is 38.6 Å². The van der Waals surface area contributed by atoms with E-state index in [1.165, 1.54) is 0 Å². The van der Waals surface area contributed by atoms with Crippen LogP contribution in [0.1, 0.15) is 25.8 Å². The molecule has 3 heterocycles. The normalized spacial score (nSPS) is 12.0. The number of hydrogen-bond acceptors (Lipinski definition) is 6. The Morgan fingerprint density at radius 1 is 1.31 bits per heavy atom. The highest BCUT2D eigenvalue weighted by Gasteiger charge is 2.23. The summed E-state index contributed by atoms with van der Waals surface area (Å²) in [6, 6.07) is 8.12. The van der Waals surface area contributed by atoms with Gasteiger partial charge in [-0.05, 0) is 25.5 Å². The molecule has 8 heteroatoms. The average molecular weight is 410 g/mol. The standard InChI is InChI=1S/C21H23N5O2S/c1-21(2,25-16(27)8-9-28-4)14-7-5-6-13(10-14)19-24-17-18-15(23-12-26(18)3)11-22-20(17)29-19/h5-7,10-12H,8-9H2,1-4H3,(H,25,27). The molecule has 3 aromatic heterocycles. The molecule has 4 rings (SSSR count). The van der Waals surface area contributed by atoms with Crippen LogP contribution in [0, 0.1) is 0 Å². The number of pyridine rings is 1. The van der Waals surface area contributed by atoms with Gasteiger partial charge in [-0.2, -0.15) is 0 Å². The van der Waals surface area contributed by atoms with Crippen LogP contribution in [0.2, 0.25) is 0 Å². The summed E-state index contributed by atoms with van der Waals surface area (Å²) in [7, 11) is 3.55. The van der Waals surface area contributed by atoms with Gasteiger partial charge >= 0.3 is 0 Å². The molecule has 1 aromatic carbocycles. The van der Waals surface area contributed by atoms with Gasteiger partial charge in [-0.25, -0.2) is 15.0 Å². The summed E-state index contributed by atoms with van der Waals surface area (Å²) in [5.41, 5.74) is 4.19. The molecule has 1 amide bonds. The van der Waals surface area contributed by atoms with Gasteiger partial charge in [0, 0.05) is 26.1 Å². The van der Waals surface area contributed by atoms with Crippen molar-refractivity contribution in [3.63, 3.8) is 0 Å². The van der Waals surface area contributed by atoms with E-state index in [2.05, 4.69) is 21.4 Å². The molecule has 0 unspecified atom stereocenters. The van der Waals surface area contributed by atoms with Gasteiger partial charge < -0.3 is 14.6 Å². The fraction of sp³-hybridized carbons (Fsp3) is 0.333. The van der Waals surface area contributed by atoms with E-state index in [1.54, 1.807) is 31.0 Å². The summed E-state index contributed by atoms with van der Waals surface area (Å²) in [6.07, 6.45) is 3.90. The highest BCUT2D eigenvalue weighted by Crippen LogP contribution is 2.34. The van der Waals surface area contributed by atoms with Crippen molar-refractivity contribution in [2.75, 3.05) is 13.7 Å². The zero-order valence-electron chi connectivity index (χ0n) is 16.9. The van der Waals surface area contributed by atoms with Crippen LogP contribution < -0.4 is 5.32 Å². The Labute approximate surface area is 172 Å². The SMILES string of the molecule is COCCC(=O)NC(C)(C)c1cccc(-c2nc3c(ncc4ncn(C)c43)s2)c1. The minimum atomic E-state index is -0.509. The summed E-state index contributed by atoms with van der Waals surface area (Å²) in [4.78, 5) is 26.8. The van der Waals surface area contributed by atoms with E-state index in [1.807, 2.05) is 43.7 Å². The van der Waals surface area contributed by atoms with Crippen LogP contribution in [-0.2, 0) is 22.1 Å². The Balaban J connectivity index is 1.69. The van der Waals surface area contributed by atoms with Gasteiger partial charge in [0.15, 0.2) is 0 Å².